The highest BCUT2D eigenvalue weighted by molar-refractivity contribution is 5.98. The van der Waals surface area contributed by atoms with E-state index in [0.717, 1.165) is 5.57 Å². The van der Waals surface area contributed by atoms with Crippen LogP contribution in [-0.2, 0) is 25.4 Å². The molecule has 1 heterocycles. The molecule has 0 bridgehead atoms. The van der Waals surface area contributed by atoms with Crippen LogP contribution in [0.15, 0.2) is 24.3 Å². The van der Waals surface area contributed by atoms with Crippen molar-refractivity contribution in [3.8, 4) is 0 Å². The van der Waals surface area contributed by atoms with E-state index in [1.165, 1.54) is 23.8 Å². The van der Waals surface area contributed by atoms with E-state index in [0.29, 0.717) is 19.3 Å². The van der Waals surface area contributed by atoms with E-state index in [-0.39, 0.29) is 18.2 Å². The topological polar surface area (TPSA) is 44.8 Å². The van der Waals surface area contributed by atoms with Gasteiger partial charge in [0.15, 0.2) is 5.79 Å². The molecular formula is C22H30O4. The maximum atomic E-state index is 12.7. The number of aryl methyl sites for hydroxylation is 1. The van der Waals surface area contributed by atoms with Crippen molar-refractivity contribution in [2.45, 2.75) is 71.9 Å². The summed E-state index contributed by atoms with van der Waals surface area (Å²) in [5.74, 6) is -0.867. The maximum absolute atomic E-state index is 12.7. The number of carbonyl (C=O) groups is 1. The Labute approximate surface area is 156 Å². The summed E-state index contributed by atoms with van der Waals surface area (Å²) in [6, 6.07) is 6.26. The van der Waals surface area contributed by atoms with Gasteiger partial charge in [-0.05, 0) is 62.0 Å². The highest BCUT2D eigenvalue weighted by atomic mass is 16.8. The van der Waals surface area contributed by atoms with Crippen molar-refractivity contribution in [1.82, 2.24) is 0 Å². The van der Waals surface area contributed by atoms with Gasteiger partial charge >= 0.3 is 5.97 Å². The molecule has 26 heavy (non-hydrogen) atoms. The number of esters is 1. The minimum absolute atomic E-state index is 0.0465. The lowest BCUT2D eigenvalue weighted by molar-refractivity contribution is -0.160. The molecule has 1 saturated heterocycles. The quantitative estimate of drug-likeness (QED) is 0.697. The number of methoxy groups -OCH3 is 1. The van der Waals surface area contributed by atoms with E-state index in [2.05, 4.69) is 31.2 Å². The third kappa shape index (κ3) is 2.71. The smallest absolute Gasteiger partial charge is 0.316 e. The van der Waals surface area contributed by atoms with Crippen LogP contribution in [0, 0.1) is 12.3 Å². The number of rotatable bonds is 1. The molecule has 2 aliphatic carbocycles. The van der Waals surface area contributed by atoms with Crippen LogP contribution in [0.5, 0.6) is 0 Å². The molecule has 1 aromatic rings. The highest BCUT2D eigenvalue weighted by Crippen LogP contribution is 2.57. The molecule has 1 aliphatic heterocycles. The number of hydrogen-bond acceptors (Lipinski definition) is 4. The highest BCUT2D eigenvalue weighted by Gasteiger charge is 2.56. The number of fused-ring (bicyclic) bond motifs is 3. The van der Waals surface area contributed by atoms with Crippen molar-refractivity contribution in [3.63, 3.8) is 0 Å². The molecule has 3 aliphatic rings. The molecule has 1 spiro atoms. The monoisotopic (exact) mass is 358 g/mol. The fraction of sp³-hybridized carbons (Fsp3) is 0.591. The van der Waals surface area contributed by atoms with Crippen molar-refractivity contribution in [3.05, 3.63) is 41.0 Å². The van der Waals surface area contributed by atoms with Crippen LogP contribution in [0.3, 0.4) is 0 Å². The fourth-order valence-corrected chi connectivity index (χ4v) is 4.55. The first-order valence-corrected chi connectivity index (χ1v) is 9.67. The van der Waals surface area contributed by atoms with Gasteiger partial charge in [0.25, 0.3) is 0 Å². The molecular weight excluding hydrogens is 328 g/mol. The average Bonchev–Trinajstić information content (AvgIpc) is 3.12. The molecule has 1 aromatic carbocycles. The van der Waals surface area contributed by atoms with Crippen LogP contribution in [-0.4, -0.2) is 31.1 Å². The lowest BCUT2D eigenvalue weighted by Crippen LogP contribution is -2.42. The zero-order chi connectivity index (χ0) is 19.1. The molecule has 3 unspecified atom stereocenters. The largest absolute Gasteiger partial charge is 0.468 e. The number of hydrogen-bond donors (Lipinski definition) is 0. The Hall–Kier alpha value is -1.65. The second-order valence-corrected chi connectivity index (χ2v) is 7.38. The van der Waals surface area contributed by atoms with E-state index in [1.807, 2.05) is 27.7 Å². The molecule has 0 aromatic heterocycles. The first-order chi connectivity index (χ1) is 12.4. The molecule has 4 nitrogen and oxygen atoms in total. The van der Waals surface area contributed by atoms with Crippen molar-refractivity contribution in [1.29, 1.82) is 0 Å². The van der Waals surface area contributed by atoms with Gasteiger partial charge in [0.05, 0.1) is 24.7 Å². The Kier molecular flexibility index (Phi) is 5.02. The summed E-state index contributed by atoms with van der Waals surface area (Å²) in [6.07, 6.45) is 4.21. The van der Waals surface area contributed by atoms with Gasteiger partial charge < -0.3 is 14.2 Å². The van der Waals surface area contributed by atoms with Crippen molar-refractivity contribution in [2.24, 2.45) is 5.41 Å². The lowest BCUT2D eigenvalue weighted by Gasteiger charge is -2.38. The standard InChI is InChI=1S/C20H24O4.C2H6/c1-12-6-5-7-15-10-19(18(21)22-4)8-9-20(11-16(19)17(12)15)23-13(2)14(3)24-20;1-2/h5-7,11,13-14H,8-10H2,1-4H3;1-2H3. The average molecular weight is 358 g/mol. The van der Waals surface area contributed by atoms with E-state index >= 15 is 0 Å². The number of benzene rings is 1. The molecule has 3 atom stereocenters. The maximum Gasteiger partial charge on any atom is 0.316 e. The first kappa shape index (κ1) is 19.1. The lowest BCUT2D eigenvalue weighted by atomic mass is 9.71. The molecule has 0 N–H and O–H groups in total. The zero-order valence-electron chi connectivity index (χ0n) is 16.7. The predicted octanol–water partition coefficient (Wildman–Crippen LogP) is 4.43. The first-order valence-electron chi connectivity index (χ1n) is 9.67. The molecule has 142 valence electrons. The Balaban J connectivity index is 0.000000948. The van der Waals surface area contributed by atoms with E-state index in [1.54, 1.807) is 0 Å². The Bertz CT molecular complexity index is 726. The Morgan fingerprint density at radius 3 is 2.42 bits per heavy atom. The number of carbonyl (C=O) groups excluding carboxylic acids is 1. The summed E-state index contributed by atoms with van der Waals surface area (Å²) >= 11 is 0. The zero-order valence-corrected chi connectivity index (χ0v) is 16.7. The van der Waals surface area contributed by atoms with Crippen LogP contribution in [0.25, 0.3) is 5.57 Å². The Morgan fingerprint density at radius 1 is 1.15 bits per heavy atom. The predicted molar refractivity (Wildman–Crippen MR) is 102 cm³/mol. The molecule has 0 amide bonds. The normalized spacial score (nSPS) is 34.5. The van der Waals surface area contributed by atoms with Gasteiger partial charge in [-0.2, -0.15) is 0 Å². The van der Waals surface area contributed by atoms with Gasteiger partial charge in [0.2, 0.25) is 0 Å². The van der Waals surface area contributed by atoms with Crippen LogP contribution < -0.4 is 0 Å². The van der Waals surface area contributed by atoms with Crippen molar-refractivity contribution in [2.75, 3.05) is 7.11 Å². The molecule has 0 saturated carbocycles. The van der Waals surface area contributed by atoms with Crippen LogP contribution >= 0.6 is 0 Å². The van der Waals surface area contributed by atoms with E-state index < -0.39 is 11.2 Å². The molecule has 0 radical (unpaired) electrons. The van der Waals surface area contributed by atoms with Gasteiger partial charge in [-0.15, -0.1) is 0 Å². The van der Waals surface area contributed by atoms with Crippen molar-refractivity contribution < 1.29 is 19.0 Å². The summed E-state index contributed by atoms with van der Waals surface area (Å²) < 4.78 is 17.5. The van der Waals surface area contributed by atoms with E-state index in [9.17, 15) is 4.79 Å². The summed E-state index contributed by atoms with van der Waals surface area (Å²) in [5.41, 5.74) is 3.98. The van der Waals surface area contributed by atoms with Crippen LogP contribution in [0.1, 0.15) is 57.2 Å². The van der Waals surface area contributed by atoms with Crippen molar-refractivity contribution >= 4 is 11.5 Å². The Morgan fingerprint density at radius 2 is 1.81 bits per heavy atom. The van der Waals surface area contributed by atoms with Gasteiger partial charge in [-0.25, -0.2) is 0 Å². The van der Waals surface area contributed by atoms with Gasteiger partial charge in [-0.1, -0.05) is 32.0 Å². The van der Waals surface area contributed by atoms with Gasteiger partial charge in [0, 0.05) is 6.42 Å². The molecule has 4 heteroatoms. The minimum Gasteiger partial charge on any atom is -0.468 e. The second-order valence-electron chi connectivity index (χ2n) is 7.38. The second kappa shape index (κ2) is 6.82. The summed E-state index contributed by atoms with van der Waals surface area (Å²) in [6.45, 7) is 10.2. The van der Waals surface area contributed by atoms with E-state index in [4.69, 9.17) is 14.2 Å². The summed E-state index contributed by atoms with van der Waals surface area (Å²) in [5, 5.41) is 0. The summed E-state index contributed by atoms with van der Waals surface area (Å²) in [4.78, 5) is 12.7. The third-order valence-electron chi connectivity index (χ3n) is 5.91. The van der Waals surface area contributed by atoms with Crippen LogP contribution in [0.4, 0.5) is 0 Å². The number of ether oxygens (including phenoxy) is 3. The van der Waals surface area contributed by atoms with Gasteiger partial charge in [-0.3, -0.25) is 4.79 Å². The third-order valence-corrected chi connectivity index (χ3v) is 5.91. The van der Waals surface area contributed by atoms with Crippen LogP contribution in [0.2, 0.25) is 0 Å². The molecule has 4 rings (SSSR count). The fourth-order valence-electron chi connectivity index (χ4n) is 4.55. The minimum atomic E-state index is -0.713. The SMILES string of the molecule is CC.COC(=O)C12CCC3(C=C1c1c(C)cccc1C2)OC(C)C(C)O3. The summed E-state index contributed by atoms with van der Waals surface area (Å²) in [7, 11) is 1.47. The van der Waals surface area contributed by atoms with Gasteiger partial charge in [0.1, 0.15) is 0 Å². The molecule has 1 fully saturated rings.